The van der Waals surface area contributed by atoms with Gasteiger partial charge in [-0.2, -0.15) is 0 Å². The Bertz CT molecular complexity index is 524. The molecule has 1 saturated heterocycles. The Morgan fingerprint density at radius 1 is 1.29 bits per heavy atom. The fraction of sp³-hybridized carbons (Fsp3) is 0.562. The summed E-state index contributed by atoms with van der Waals surface area (Å²) in [4.78, 5) is 16.8. The summed E-state index contributed by atoms with van der Waals surface area (Å²) < 4.78 is 11.0. The van der Waals surface area contributed by atoms with E-state index in [9.17, 15) is 4.79 Å². The molecule has 3 rings (SSSR count). The smallest absolute Gasteiger partial charge is 0.229 e. The average molecular weight is 290 g/mol. The number of benzene rings is 1. The van der Waals surface area contributed by atoms with Crippen molar-refractivity contribution in [2.75, 3.05) is 46.9 Å². The van der Waals surface area contributed by atoms with Crippen LogP contribution in [0.25, 0.3) is 0 Å². The van der Waals surface area contributed by atoms with Crippen LogP contribution in [0.5, 0.6) is 11.5 Å². The molecule has 2 heterocycles. The van der Waals surface area contributed by atoms with Crippen LogP contribution in [0.4, 0.5) is 0 Å². The zero-order valence-electron chi connectivity index (χ0n) is 12.7. The van der Waals surface area contributed by atoms with E-state index in [2.05, 4.69) is 11.9 Å². The summed E-state index contributed by atoms with van der Waals surface area (Å²) >= 11 is 0. The summed E-state index contributed by atoms with van der Waals surface area (Å²) in [5.74, 6) is 1.83. The number of hydrogen-bond acceptors (Lipinski definition) is 4. The zero-order chi connectivity index (χ0) is 14.8. The van der Waals surface area contributed by atoms with Crippen LogP contribution in [0.2, 0.25) is 0 Å². The first-order valence-electron chi connectivity index (χ1n) is 7.44. The molecular formula is C16H22N2O3. The molecule has 1 amide bonds. The zero-order valence-corrected chi connectivity index (χ0v) is 12.7. The summed E-state index contributed by atoms with van der Waals surface area (Å²) in [6.45, 7) is 4.01. The molecule has 5 heteroatoms. The van der Waals surface area contributed by atoms with Crippen molar-refractivity contribution in [3.05, 3.63) is 23.8 Å². The van der Waals surface area contributed by atoms with Gasteiger partial charge in [0, 0.05) is 26.2 Å². The van der Waals surface area contributed by atoms with Gasteiger partial charge in [0.05, 0.1) is 13.0 Å². The number of amides is 1. The van der Waals surface area contributed by atoms with Crippen LogP contribution in [-0.4, -0.2) is 62.7 Å². The molecule has 1 fully saturated rings. The second-order valence-electron chi connectivity index (χ2n) is 5.81. The van der Waals surface area contributed by atoms with Gasteiger partial charge in [-0.3, -0.25) is 4.79 Å². The van der Waals surface area contributed by atoms with Gasteiger partial charge in [-0.25, -0.2) is 0 Å². The highest BCUT2D eigenvalue weighted by atomic mass is 16.5. The van der Waals surface area contributed by atoms with E-state index in [0.717, 1.165) is 49.7 Å². The van der Waals surface area contributed by atoms with Crippen LogP contribution in [-0.2, 0) is 11.2 Å². The molecule has 2 aliphatic heterocycles. The SMILES string of the molecule is COc1ccc2c(c1)CC(C(=O)N1CCN(C)CC1)CO2. The van der Waals surface area contributed by atoms with Crippen LogP contribution >= 0.6 is 0 Å². The number of hydrogen-bond donors (Lipinski definition) is 0. The quantitative estimate of drug-likeness (QED) is 0.815. The minimum atomic E-state index is -0.0759. The lowest BCUT2D eigenvalue weighted by Crippen LogP contribution is -2.50. The van der Waals surface area contributed by atoms with E-state index in [1.54, 1.807) is 7.11 Å². The van der Waals surface area contributed by atoms with E-state index >= 15 is 0 Å². The normalized spacial score (nSPS) is 22.4. The van der Waals surface area contributed by atoms with Crippen LogP contribution in [0.3, 0.4) is 0 Å². The van der Waals surface area contributed by atoms with Crippen molar-refractivity contribution in [3.63, 3.8) is 0 Å². The van der Waals surface area contributed by atoms with E-state index < -0.39 is 0 Å². The van der Waals surface area contributed by atoms with Gasteiger partial charge in [0.2, 0.25) is 5.91 Å². The first-order valence-corrected chi connectivity index (χ1v) is 7.44. The summed E-state index contributed by atoms with van der Waals surface area (Å²) in [7, 11) is 3.74. The molecule has 1 unspecified atom stereocenters. The van der Waals surface area contributed by atoms with Gasteiger partial charge in [0.1, 0.15) is 18.1 Å². The monoisotopic (exact) mass is 290 g/mol. The van der Waals surface area contributed by atoms with Gasteiger partial charge in [-0.1, -0.05) is 0 Å². The van der Waals surface area contributed by atoms with Gasteiger partial charge >= 0.3 is 0 Å². The first kappa shape index (κ1) is 14.2. The van der Waals surface area contributed by atoms with Gasteiger partial charge in [-0.05, 0) is 37.2 Å². The Balaban J connectivity index is 1.69. The van der Waals surface area contributed by atoms with E-state index in [1.165, 1.54) is 0 Å². The number of methoxy groups -OCH3 is 1. The number of ether oxygens (including phenoxy) is 2. The van der Waals surface area contributed by atoms with E-state index in [4.69, 9.17) is 9.47 Å². The Kier molecular flexibility index (Phi) is 4.01. The first-order chi connectivity index (χ1) is 10.2. The maximum absolute atomic E-state index is 12.6. The van der Waals surface area contributed by atoms with Crippen molar-refractivity contribution in [1.29, 1.82) is 0 Å². The Morgan fingerprint density at radius 2 is 2.05 bits per heavy atom. The number of likely N-dealkylation sites (N-methyl/N-ethyl adjacent to an activating group) is 1. The Labute approximate surface area is 125 Å². The van der Waals surface area contributed by atoms with Crippen LogP contribution < -0.4 is 9.47 Å². The summed E-state index contributed by atoms with van der Waals surface area (Å²) in [5, 5.41) is 0. The summed E-state index contributed by atoms with van der Waals surface area (Å²) in [5.41, 5.74) is 1.06. The second-order valence-corrected chi connectivity index (χ2v) is 5.81. The number of carbonyl (C=O) groups excluding carboxylic acids is 1. The number of rotatable bonds is 2. The molecule has 0 aromatic heterocycles. The Morgan fingerprint density at radius 3 is 2.76 bits per heavy atom. The lowest BCUT2D eigenvalue weighted by Gasteiger charge is -2.35. The molecule has 0 bridgehead atoms. The average Bonchev–Trinajstić information content (AvgIpc) is 2.53. The molecule has 0 aliphatic carbocycles. The number of nitrogens with zero attached hydrogens (tertiary/aromatic N) is 2. The molecule has 0 saturated carbocycles. The van der Waals surface area contributed by atoms with Crippen molar-refractivity contribution >= 4 is 5.91 Å². The molecule has 0 spiro atoms. The van der Waals surface area contributed by atoms with E-state index in [0.29, 0.717) is 6.61 Å². The molecule has 21 heavy (non-hydrogen) atoms. The molecule has 0 N–H and O–H groups in total. The van der Waals surface area contributed by atoms with Gasteiger partial charge in [-0.15, -0.1) is 0 Å². The Hall–Kier alpha value is -1.75. The van der Waals surface area contributed by atoms with Crippen LogP contribution in [0, 0.1) is 5.92 Å². The van der Waals surface area contributed by atoms with Crippen LogP contribution in [0.1, 0.15) is 5.56 Å². The molecule has 1 atom stereocenters. The van der Waals surface area contributed by atoms with Crippen LogP contribution in [0.15, 0.2) is 18.2 Å². The van der Waals surface area contributed by atoms with Gasteiger partial charge < -0.3 is 19.3 Å². The predicted molar refractivity (Wildman–Crippen MR) is 79.8 cm³/mol. The molecule has 114 valence electrons. The van der Waals surface area contributed by atoms with Gasteiger partial charge in [0.25, 0.3) is 0 Å². The van der Waals surface area contributed by atoms with Crippen molar-refractivity contribution in [2.45, 2.75) is 6.42 Å². The molecular weight excluding hydrogens is 268 g/mol. The van der Waals surface area contributed by atoms with Crippen molar-refractivity contribution in [3.8, 4) is 11.5 Å². The van der Waals surface area contributed by atoms with E-state index in [1.807, 2.05) is 23.1 Å². The minimum absolute atomic E-state index is 0.0759. The van der Waals surface area contributed by atoms with E-state index in [-0.39, 0.29) is 11.8 Å². The fourth-order valence-corrected chi connectivity index (χ4v) is 2.94. The third kappa shape index (κ3) is 2.97. The lowest BCUT2D eigenvalue weighted by molar-refractivity contribution is -0.138. The number of fused-ring (bicyclic) bond motifs is 1. The number of piperazine rings is 1. The number of carbonyl (C=O) groups is 1. The largest absolute Gasteiger partial charge is 0.497 e. The minimum Gasteiger partial charge on any atom is -0.497 e. The third-order valence-electron chi connectivity index (χ3n) is 4.34. The van der Waals surface area contributed by atoms with Crippen molar-refractivity contribution in [2.24, 2.45) is 5.92 Å². The highest BCUT2D eigenvalue weighted by Crippen LogP contribution is 2.31. The van der Waals surface area contributed by atoms with Crippen molar-refractivity contribution < 1.29 is 14.3 Å². The molecule has 5 nitrogen and oxygen atoms in total. The lowest BCUT2D eigenvalue weighted by atomic mass is 9.95. The highest BCUT2D eigenvalue weighted by Gasteiger charge is 2.31. The van der Waals surface area contributed by atoms with Crippen molar-refractivity contribution in [1.82, 2.24) is 9.80 Å². The highest BCUT2D eigenvalue weighted by molar-refractivity contribution is 5.80. The maximum atomic E-state index is 12.6. The topological polar surface area (TPSA) is 42.0 Å². The summed E-state index contributed by atoms with van der Waals surface area (Å²) in [6.07, 6.45) is 0.734. The molecule has 0 radical (unpaired) electrons. The molecule has 2 aliphatic rings. The maximum Gasteiger partial charge on any atom is 0.229 e. The molecule has 1 aromatic carbocycles. The van der Waals surface area contributed by atoms with Gasteiger partial charge in [0.15, 0.2) is 0 Å². The predicted octanol–water partition coefficient (Wildman–Crippen LogP) is 1.02. The third-order valence-corrected chi connectivity index (χ3v) is 4.34. The fourth-order valence-electron chi connectivity index (χ4n) is 2.94. The summed E-state index contributed by atoms with van der Waals surface area (Å²) in [6, 6.07) is 5.78. The standard InChI is InChI=1S/C16H22N2O3/c1-17-5-7-18(8-6-17)16(19)13-9-12-10-14(20-2)3-4-15(12)21-11-13/h3-4,10,13H,5-9,11H2,1-2H3. The molecule has 1 aromatic rings. The second kappa shape index (κ2) is 5.93.